The van der Waals surface area contributed by atoms with Gasteiger partial charge in [-0.3, -0.25) is 0 Å². The van der Waals surface area contributed by atoms with E-state index >= 15 is 0 Å². The van der Waals surface area contributed by atoms with Gasteiger partial charge in [0.1, 0.15) is 0 Å². The molecular formula is C15H12BrClF2. The van der Waals surface area contributed by atoms with Crippen molar-refractivity contribution in [1.82, 2.24) is 0 Å². The average molecular weight is 346 g/mol. The molecule has 0 nitrogen and oxygen atoms in total. The summed E-state index contributed by atoms with van der Waals surface area (Å²) in [5.74, 6) is -1.68. The van der Waals surface area contributed by atoms with Crippen LogP contribution in [0.15, 0.2) is 40.9 Å². The van der Waals surface area contributed by atoms with Crippen LogP contribution in [-0.4, -0.2) is 0 Å². The highest BCUT2D eigenvalue weighted by molar-refractivity contribution is 9.10. The third-order valence-corrected chi connectivity index (χ3v) is 4.24. The molecule has 0 bridgehead atoms. The maximum Gasteiger partial charge on any atom is 0.159 e. The summed E-state index contributed by atoms with van der Waals surface area (Å²) in [5.41, 5.74) is 2.74. The summed E-state index contributed by atoms with van der Waals surface area (Å²) in [6, 6.07) is 9.72. The van der Waals surface area contributed by atoms with Crippen molar-refractivity contribution in [3.05, 3.63) is 69.2 Å². The molecule has 0 spiro atoms. The Hall–Kier alpha value is -0.930. The maximum atomic E-state index is 13.1. The molecule has 0 aliphatic rings. The Morgan fingerprint density at radius 1 is 1.11 bits per heavy atom. The lowest BCUT2D eigenvalue weighted by molar-refractivity contribution is 0.507. The van der Waals surface area contributed by atoms with Gasteiger partial charge in [-0.25, -0.2) is 8.78 Å². The van der Waals surface area contributed by atoms with Crippen LogP contribution in [0.1, 0.15) is 22.1 Å². The predicted molar refractivity (Wildman–Crippen MR) is 77.5 cm³/mol. The number of hydrogen-bond donors (Lipinski definition) is 0. The molecule has 0 saturated carbocycles. The van der Waals surface area contributed by atoms with Gasteiger partial charge in [0, 0.05) is 4.47 Å². The SMILES string of the molecule is Cc1cc(C(Cl)Cc2ccc(F)c(F)c2)ccc1Br. The second kappa shape index (κ2) is 6.02. The fraction of sp³-hybridized carbons (Fsp3) is 0.200. The second-order valence-electron chi connectivity index (χ2n) is 4.43. The summed E-state index contributed by atoms with van der Waals surface area (Å²) in [7, 11) is 0. The maximum absolute atomic E-state index is 13.1. The van der Waals surface area contributed by atoms with E-state index in [9.17, 15) is 8.78 Å². The Morgan fingerprint density at radius 3 is 2.47 bits per heavy atom. The lowest BCUT2D eigenvalue weighted by Crippen LogP contribution is -1.98. The van der Waals surface area contributed by atoms with E-state index < -0.39 is 11.6 Å². The fourth-order valence-electron chi connectivity index (χ4n) is 1.85. The number of rotatable bonds is 3. The van der Waals surface area contributed by atoms with E-state index in [1.54, 1.807) is 6.07 Å². The zero-order valence-electron chi connectivity index (χ0n) is 10.3. The summed E-state index contributed by atoms with van der Waals surface area (Å²) in [5, 5.41) is -0.267. The number of hydrogen-bond acceptors (Lipinski definition) is 0. The minimum absolute atomic E-state index is 0.267. The van der Waals surface area contributed by atoms with Gasteiger partial charge < -0.3 is 0 Å². The van der Waals surface area contributed by atoms with Gasteiger partial charge in [0.15, 0.2) is 11.6 Å². The van der Waals surface area contributed by atoms with Crippen molar-refractivity contribution < 1.29 is 8.78 Å². The van der Waals surface area contributed by atoms with E-state index in [1.165, 1.54) is 6.07 Å². The lowest BCUT2D eigenvalue weighted by Gasteiger charge is -2.12. The van der Waals surface area contributed by atoms with Crippen molar-refractivity contribution in [2.45, 2.75) is 18.7 Å². The van der Waals surface area contributed by atoms with Crippen LogP contribution >= 0.6 is 27.5 Å². The first-order valence-electron chi connectivity index (χ1n) is 5.81. The highest BCUT2D eigenvalue weighted by Crippen LogP contribution is 2.28. The molecule has 2 aromatic carbocycles. The number of benzene rings is 2. The van der Waals surface area contributed by atoms with Gasteiger partial charge in [-0.1, -0.05) is 34.1 Å². The van der Waals surface area contributed by atoms with Crippen molar-refractivity contribution in [3.63, 3.8) is 0 Å². The first kappa shape index (κ1) is 14.5. The van der Waals surface area contributed by atoms with Gasteiger partial charge in [-0.15, -0.1) is 11.6 Å². The number of halogens is 4. The number of aryl methyl sites for hydroxylation is 1. The molecule has 4 heteroatoms. The second-order valence-corrected chi connectivity index (χ2v) is 5.81. The van der Waals surface area contributed by atoms with Crippen LogP contribution in [0.25, 0.3) is 0 Å². The molecule has 0 fully saturated rings. The van der Waals surface area contributed by atoms with Crippen molar-refractivity contribution in [1.29, 1.82) is 0 Å². The van der Waals surface area contributed by atoms with Crippen LogP contribution < -0.4 is 0 Å². The van der Waals surface area contributed by atoms with E-state index in [2.05, 4.69) is 15.9 Å². The molecule has 0 aliphatic carbocycles. The lowest BCUT2D eigenvalue weighted by atomic mass is 10.0. The van der Waals surface area contributed by atoms with Crippen molar-refractivity contribution in [2.24, 2.45) is 0 Å². The topological polar surface area (TPSA) is 0 Å². The largest absolute Gasteiger partial charge is 0.204 e. The monoisotopic (exact) mass is 344 g/mol. The van der Waals surface area contributed by atoms with Gasteiger partial charge >= 0.3 is 0 Å². The van der Waals surface area contributed by atoms with Gasteiger partial charge in [0.05, 0.1) is 5.38 Å². The molecule has 19 heavy (non-hydrogen) atoms. The zero-order chi connectivity index (χ0) is 14.0. The normalized spacial score (nSPS) is 12.5. The molecule has 0 saturated heterocycles. The highest BCUT2D eigenvalue weighted by atomic mass is 79.9. The highest BCUT2D eigenvalue weighted by Gasteiger charge is 2.11. The van der Waals surface area contributed by atoms with Gasteiger partial charge in [-0.2, -0.15) is 0 Å². The summed E-state index contributed by atoms with van der Waals surface area (Å²) in [6.45, 7) is 1.98. The molecule has 0 aromatic heterocycles. The van der Waals surface area contributed by atoms with Crippen molar-refractivity contribution in [2.75, 3.05) is 0 Å². The third kappa shape index (κ3) is 3.54. The molecule has 2 aromatic rings. The standard InChI is InChI=1S/C15H12BrClF2/c1-9-6-11(3-4-12(9)16)13(17)7-10-2-5-14(18)15(19)8-10/h2-6,8,13H,7H2,1H3. The molecule has 1 unspecified atom stereocenters. The molecule has 0 amide bonds. The van der Waals surface area contributed by atoms with Gasteiger partial charge in [0.2, 0.25) is 0 Å². The van der Waals surface area contributed by atoms with Crippen LogP contribution in [0.5, 0.6) is 0 Å². The Bertz CT molecular complexity index is 599. The van der Waals surface area contributed by atoms with E-state index in [1.807, 2.05) is 25.1 Å². The van der Waals surface area contributed by atoms with E-state index in [0.717, 1.165) is 21.7 Å². The van der Waals surface area contributed by atoms with Crippen LogP contribution in [0, 0.1) is 18.6 Å². The van der Waals surface area contributed by atoms with Crippen LogP contribution in [0.4, 0.5) is 8.78 Å². The summed E-state index contributed by atoms with van der Waals surface area (Å²) >= 11 is 9.75. The predicted octanol–water partition coefficient (Wildman–Crippen LogP) is 5.56. The Balaban J connectivity index is 2.17. The quantitative estimate of drug-likeness (QED) is 0.639. The van der Waals surface area contributed by atoms with Crippen LogP contribution in [-0.2, 0) is 6.42 Å². The van der Waals surface area contributed by atoms with Crippen LogP contribution in [0.3, 0.4) is 0 Å². The molecule has 1 atom stereocenters. The Morgan fingerprint density at radius 2 is 1.84 bits per heavy atom. The molecule has 2 rings (SSSR count). The van der Waals surface area contributed by atoms with Gasteiger partial charge in [0.25, 0.3) is 0 Å². The molecule has 0 radical (unpaired) electrons. The fourth-order valence-corrected chi connectivity index (χ4v) is 2.41. The van der Waals surface area contributed by atoms with Gasteiger partial charge in [-0.05, 0) is 48.2 Å². The summed E-state index contributed by atoms with van der Waals surface area (Å²) < 4.78 is 27.0. The molecular weight excluding hydrogens is 334 g/mol. The minimum atomic E-state index is -0.839. The summed E-state index contributed by atoms with van der Waals surface area (Å²) in [6.07, 6.45) is 0.458. The van der Waals surface area contributed by atoms with E-state index in [-0.39, 0.29) is 5.38 Å². The first-order valence-corrected chi connectivity index (χ1v) is 7.04. The number of alkyl halides is 1. The first-order chi connectivity index (χ1) is 8.97. The van der Waals surface area contributed by atoms with Crippen molar-refractivity contribution >= 4 is 27.5 Å². The van der Waals surface area contributed by atoms with Crippen LogP contribution in [0.2, 0.25) is 0 Å². The average Bonchev–Trinajstić information content (AvgIpc) is 2.37. The zero-order valence-corrected chi connectivity index (χ0v) is 12.6. The molecule has 0 heterocycles. The third-order valence-electron chi connectivity index (χ3n) is 2.94. The smallest absolute Gasteiger partial charge is 0.159 e. The molecule has 0 N–H and O–H groups in total. The van der Waals surface area contributed by atoms with E-state index in [0.29, 0.717) is 12.0 Å². The Labute approximate surface area is 124 Å². The van der Waals surface area contributed by atoms with E-state index in [4.69, 9.17) is 11.6 Å². The minimum Gasteiger partial charge on any atom is -0.204 e. The molecule has 0 aliphatic heterocycles. The Kier molecular flexibility index (Phi) is 4.58. The van der Waals surface area contributed by atoms with Crippen molar-refractivity contribution in [3.8, 4) is 0 Å². The molecule has 100 valence electrons. The summed E-state index contributed by atoms with van der Waals surface area (Å²) in [4.78, 5) is 0.